The normalized spacial score (nSPS) is 11.9. The van der Waals surface area contributed by atoms with Crippen LogP contribution < -0.4 is 0 Å². The first-order chi connectivity index (χ1) is 21.2. The van der Waals surface area contributed by atoms with E-state index >= 15 is 0 Å². The summed E-state index contributed by atoms with van der Waals surface area (Å²) in [5, 5.41) is 13.1. The first-order valence-electron chi connectivity index (χ1n) is 14.8. The van der Waals surface area contributed by atoms with Gasteiger partial charge in [-0.2, -0.15) is 0 Å². The van der Waals surface area contributed by atoms with Crippen molar-refractivity contribution >= 4 is 61.4 Å². The Morgan fingerprint density at radius 2 is 1.23 bits per heavy atom. The zero-order chi connectivity index (χ0) is 29.3. The minimum absolute atomic E-state index is 0.217. The molecule has 0 atom stereocenters. The predicted molar refractivity (Wildman–Crippen MR) is 191 cm³/mol. The van der Waals surface area contributed by atoms with Crippen molar-refractivity contribution in [1.29, 1.82) is 0 Å². The van der Waals surface area contributed by atoms with Crippen molar-refractivity contribution in [1.82, 2.24) is 9.13 Å². The molecule has 7 aromatic rings. The van der Waals surface area contributed by atoms with E-state index in [0.29, 0.717) is 0 Å². The van der Waals surface area contributed by atoms with Crippen LogP contribution in [0.2, 0.25) is 0 Å². The summed E-state index contributed by atoms with van der Waals surface area (Å²) in [4.78, 5) is 0. The Balaban J connectivity index is 1.25. The molecule has 0 amide bonds. The molecule has 4 heteroatoms. The summed E-state index contributed by atoms with van der Waals surface area (Å²) in [7, 11) is 0. The highest BCUT2D eigenvalue weighted by Gasteiger charge is 2.15. The average Bonchev–Trinajstić information content (AvgIpc) is 3.54. The van der Waals surface area contributed by atoms with Crippen LogP contribution in [0, 0.1) is 6.92 Å². The minimum atomic E-state index is 0.217. The van der Waals surface area contributed by atoms with Crippen LogP contribution in [0.15, 0.2) is 121 Å². The van der Waals surface area contributed by atoms with Crippen molar-refractivity contribution in [2.75, 3.05) is 11.0 Å². The predicted octanol–water partition coefficient (Wildman–Crippen LogP) is 10.1. The van der Waals surface area contributed by atoms with Crippen molar-refractivity contribution < 1.29 is 5.11 Å². The summed E-state index contributed by atoms with van der Waals surface area (Å²) >= 11 is 2.40. The number of allylic oxidation sites excluding steroid dienone is 1. The van der Waals surface area contributed by atoms with Crippen molar-refractivity contribution in [2.45, 2.75) is 19.8 Å². The standard InChI is InChI=1S/C39H33IN2O/c1-27-33-9-2-4-11-37(33)41(36(27)13-6-24-40)31-19-15-29(16-20-31)30-17-21-32(22-18-30)42-38-12-5-3-10-34(38)35-26-28(8-7-25-43)14-23-39(35)42/h2-6,9-23,26,43H,7-8,24-25H2,1H3/b13-6-. The fourth-order valence-electron chi connectivity index (χ4n) is 6.40. The lowest BCUT2D eigenvalue weighted by Gasteiger charge is -2.12. The highest BCUT2D eigenvalue weighted by Crippen LogP contribution is 2.34. The van der Waals surface area contributed by atoms with E-state index in [4.69, 9.17) is 0 Å². The van der Waals surface area contributed by atoms with Gasteiger partial charge in [0, 0.05) is 44.3 Å². The average molecular weight is 673 g/mol. The second-order valence-corrected chi connectivity index (χ2v) is 11.9. The van der Waals surface area contributed by atoms with Gasteiger partial charge in [-0.25, -0.2) is 0 Å². The number of aromatic nitrogens is 2. The van der Waals surface area contributed by atoms with Gasteiger partial charge in [-0.05, 0) is 96.6 Å². The second kappa shape index (κ2) is 11.9. The molecule has 0 bridgehead atoms. The number of halogens is 1. The smallest absolute Gasteiger partial charge is 0.0541 e. The zero-order valence-corrected chi connectivity index (χ0v) is 26.3. The summed E-state index contributed by atoms with van der Waals surface area (Å²) in [5.74, 6) is 0. The molecule has 2 heterocycles. The molecular weight excluding hydrogens is 639 g/mol. The molecule has 0 radical (unpaired) electrons. The molecule has 7 rings (SSSR count). The van der Waals surface area contributed by atoms with E-state index in [-0.39, 0.29) is 6.61 Å². The minimum Gasteiger partial charge on any atom is -0.396 e. The molecule has 43 heavy (non-hydrogen) atoms. The van der Waals surface area contributed by atoms with Crippen LogP contribution >= 0.6 is 22.6 Å². The van der Waals surface area contributed by atoms with E-state index in [0.717, 1.165) is 23.0 Å². The third kappa shape index (κ3) is 4.98. The summed E-state index contributed by atoms with van der Waals surface area (Å²) in [5.41, 5.74) is 12.2. The lowest BCUT2D eigenvalue weighted by Crippen LogP contribution is -1.97. The van der Waals surface area contributed by atoms with Gasteiger partial charge in [-0.3, -0.25) is 0 Å². The van der Waals surface area contributed by atoms with Crippen molar-refractivity contribution in [2.24, 2.45) is 0 Å². The molecule has 0 unspecified atom stereocenters. The first kappa shape index (κ1) is 27.7. The Hall–Kier alpha value is -4.13. The lowest BCUT2D eigenvalue weighted by molar-refractivity contribution is 0.288. The van der Waals surface area contributed by atoms with Crippen molar-refractivity contribution in [3.63, 3.8) is 0 Å². The molecule has 0 fully saturated rings. The van der Waals surface area contributed by atoms with Crippen LogP contribution in [0.5, 0.6) is 0 Å². The number of rotatable bonds is 8. The first-order valence-corrected chi connectivity index (χ1v) is 16.4. The van der Waals surface area contributed by atoms with Gasteiger partial charge in [-0.1, -0.05) is 95.4 Å². The molecule has 0 saturated heterocycles. The summed E-state index contributed by atoms with van der Waals surface area (Å²) in [6.45, 7) is 2.43. The third-order valence-corrected chi connectivity index (χ3v) is 8.99. The number of aliphatic hydroxyl groups excluding tert-OH is 1. The van der Waals surface area contributed by atoms with Gasteiger partial charge >= 0.3 is 0 Å². The summed E-state index contributed by atoms with van der Waals surface area (Å²) < 4.78 is 5.71. The Bertz CT molecular complexity index is 2100. The van der Waals surface area contributed by atoms with E-state index in [1.165, 1.54) is 66.3 Å². The topological polar surface area (TPSA) is 30.1 Å². The molecule has 0 saturated carbocycles. The molecule has 1 N–H and O–H groups in total. The quantitative estimate of drug-likeness (QED) is 0.126. The maximum Gasteiger partial charge on any atom is 0.0541 e. The molecule has 2 aromatic heterocycles. The highest BCUT2D eigenvalue weighted by atomic mass is 127. The van der Waals surface area contributed by atoms with Gasteiger partial charge in [0.15, 0.2) is 0 Å². The molecular formula is C39H33IN2O. The van der Waals surface area contributed by atoms with Gasteiger partial charge in [0.25, 0.3) is 0 Å². The van der Waals surface area contributed by atoms with Crippen LogP contribution in [0.4, 0.5) is 0 Å². The summed E-state index contributed by atoms with van der Waals surface area (Å²) in [6, 6.07) is 41.8. The number of aryl methyl sites for hydroxylation is 2. The van der Waals surface area contributed by atoms with Gasteiger partial charge < -0.3 is 14.2 Å². The number of alkyl halides is 1. The van der Waals surface area contributed by atoms with Crippen LogP contribution in [-0.2, 0) is 6.42 Å². The fourth-order valence-corrected chi connectivity index (χ4v) is 6.65. The summed E-state index contributed by atoms with van der Waals surface area (Å²) in [6.07, 6.45) is 6.14. The maximum absolute atomic E-state index is 9.31. The largest absolute Gasteiger partial charge is 0.396 e. The molecule has 5 aromatic carbocycles. The fraction of sp³-hybridized carbons (Fsp3) is 0.128. The van der Waals surface area contributed by atoms with Crippen LogP contribution in [-0.4, -0.2) is 25.3 Å². The van der Waals surface area contributed by atoms with E-state index in [2.05, 4.69) is 166 Å². The Morgan fingerprint density at radius 1 is 0.651 bits per heavy atom. The van der Waals surface area contributed by atoms with Crippen LogP contribution in [0.25, 0.3) is 61.3 Å². The second-order valence-electron chi connectivity index (χ2n) is 11.0. The Kier molecular flexibility index (Phi) is 7.64. The van der Waals surface area contributed by atoms with E-state index in [1.807, 2.05) is 0 Å². The van der Waals surface area contributed by atoms with Gasteiger partial charge in [-0.15, -0.1) is 0 Å². The van der Waals surface area contributed by atoms with E-state index in [1.54, 1.807) is 0 Å². The molecule has 3 nitrogen and oxygen atoms in total. The number of nitrogens with zero attached hydrogens (tertiary/aromatic N) is 2. The Morgan fingerprint density at radius 3 is 1.88 bits per heavy atom. The van der Waals surface area contributed by atoms with Crippen LogP contribution in [0.3, 0.4) is 0 Å². The number of aliphatic hydroxyl groups is 1. The van der Waals surface area contributed by atoms with E-state index in [9.17, 15) is 5.11 Å². The van der Waals surface area contributed by atoms with E-state index < -0.39 is 0 Å². The monoisotopic (exact) mass is 672 g/mol. The SMILES string of the molecule is Cc1c(/C=C\CI)n(-c2ccc(-c3ccc(-n4c5ccccc5c5cc(CCCO)ccc54)cc3)cc2)c2ccccc12. The Labute approximate surface area is 265 Å². The third-order valence-electron chi connectivity index (χ3n) is 8.48. The van der Waals surface area contributed by atoms with Crippen molar-refractivity contribution in [3.05, 3.63) is 138 Å². The van der Waals surface area contributed by atoms with Gasteiger partial charge in [0.1, 0.15) is 0 Å². The number of hydrogen-bond acceptors (Lipinski definition) is 1. The molecule has 0 aliphatic carbocycles. The molecule has 0 aliphatic rings. The zero-order valence-electron chi connectivity index (χ0n) is 24.2. The maximum atomic E-state index is 9.31. The molecule has 0 aliphatic heterocycles. The highest BCUT2D eigenvalue weighted by molar-refractivity contribution is 14.1. The molecule has 212 valence electrons. The number of hydrogen-bond donors (Lipinski definition) is 1. The number of fused-ring (bicyclic) bond motifs is 4. The number of benzene rings is 5. The van der Waals surface area contributed by atoms with Crippen LogP contribution in [0.1, 0.15) is 23.2 Å². The molecule has 0 spiro atoms. The van der Waals surface area contributed by atoms with Gasteiger partial charge in [0.2, 0.25) is 0 Å². The number of para-hydroxylation sites is 2. The van der Waals surface area contributed by atoms with Gasteiger partial charge in [0.05, 0.1) is 16.6 Å². The van der Waals surface area contributed by atoms with Crippen molar-refractivity contribution in [3.8, 4) is 22.5 Å². The lowest BCUT2D eigenvalue weighted by atomic mass is 10.0.